The predicted molar refractivity (Wildman–Crippen MR) is 121 cm³/mol. The maximum absolute atomic E-state index is 12.9. The summed E-state index contributed by atoms with van der Waals surface area (Å²) in [5.74, 6) is -0.129. The van der Waals surface area contributed by atoms with Crippen molar-refractivity contribution in [2.45, 2.75) is 51.7 Å². The van der Waals surface area contributed by atoms with E-state index in [1.165, 1.54) is 11.3 Å². The average Bonchev–Trinajstić information content (AvgIpc) is 3.10. The normalized spacial score (nSPS) is 18.4. The van der Waals surface area contributed by atoms with Crippen molar-refractivity contribution in [2.75, 3.05) is 5.32 Å². The number of aryl methyl sites for hydroxylation is 1. The number of anilines is 1. The summed E-state index contributed by atoms with van der Waals surface area (Å²) < 4.78 is 7.66. The first-order valence-corrected chi connectivity index (χ1v) is 10.9. The quantitative estimate of drug-likeness (QED) is 0.666. The third-order valence-corrected chi connectivity index (χ3v) is 6.46. The van der Waals surface area contributed by atoms with E-state index in [9.17, 15) is 9.59 Å². The number of ether oxygens (including phenoxy) is 1. The fraction of sp³-hybridized carbons (Fsp3) is 0.435. The van der Waals surface area contributed by atoms with E-state index in [1.54, 1.807) is 24.0 Å². The molecule has 1 aliphatic heterocycles. The van der Waals surface area contributed by atoms with E-state index in [2.05, 4.69) is 10.3 Å². The Morgan fingerprint density at radius 1 is 1.20 bits per heavy atom. The highest BCUT2D eigenvalue weighted by molar-refractivity contribution is 7.19. The lowest BCUT2D eigenvalue weighted by molar-refractivity contribution is -0.176. The number of benzene rings is 1. The van der Waals surface area contributed by atoms with Crippen LogP contribution in [0, 0.1) is 5.92 Å². The fourth-order valence-corrected chi connectivity index (χ4v) is 5.26. The summed E-state index contributed by atoms with van der Waals surface area (Å²) in [5, 5.41) is 5.15. The van der Waals surface area contributed by atoms with Gasteiger partial charge in [-0.25, -0.2) is 4.98 Å². The molecule has 1 aromatic carbocycles. The number of hydrogen-bond acceptors (Lipinski definition) is 5. The van der Waals surface area contributed by atoms with Crippen LogP contribution >= 0.6 is 11.3 Å². The lowest BCUT2D eigenvalue weighted by Gasteiger charge is -2.44. The van der Waals surface area contributed by atoms with Gasteiger partial charge < -0.3 is 14.6 Å². The number of nitrogens with zero attached hydrogens (tertiary/aromatic N) is 2. The standard InChI is InChI=1S/C23H27N3O3S/c1-22(2)11-16(12-23(3,4)29-22)19(27)25-21-24-13-18(30-21)15-6-7-17-14(10-15)8-9-26(5)20(17)28/h6-10,13,16H,11-12H2,1-5H3,(H,24,25,27). The molecule has 0 atom stereocenters. The molecule has 3 heterocycles. The lowest BCUT2D eigenvalue weighted by atomic mass is 9.80. The molecule has 1 aliphatic rings. The third kappa shape index (κ3) is 4.18. The Morgan fingerprint density at radius 3 is 2.60 bits per heavy atom. The molecule has 3 aromatic rings. The summed E-state index contributed by atoms with van der Waals surface area (Å²) in [6.45, 7) is 8.12. The summed E-state index contributed by atoms with van der Waals surface area (Å²) in [6, 6.07) is 7.68. The van der Waals surface area contributed by atoms with Crippen molar-refractivity contribution in [1.29, 1.82) is 0 Å². The van der Waals surface area contributed by atoms with Gasteiger partial charge >= 0.3 is 0 Å². The van der Waals surface area contributed by atoms with Crippen LogP contribution in [0.2, 0.25) is 0 Å². The van der Waals surface area contributed by atoms with Crippen LogP contribution < -0.4 is 10.9 Å². The Hall–Kier alpha value is -2.51. The molecule has 1 saturated heterocycles. The zero-order valence-corrected chi connectivity index (χ0v) is 18.8. The minimum absolute atomic E-state index is 0.0117. The van der Waals surface area contributed by atoms with Gasteiger partial charge in [0.15, 0.2) is 5.13 Å². The van der Waals surface area contributed by atoms with E-state index < -0.39 is 0 Å². The number of rotatable bonds is 3. The van der Waals surface area contributed by atoms with E-state index in [4.69, 9.17) is 4.74 Å². The van der Waals surface area contributed by atoms with Gasteiger partial charge in [0.05, 0.1) is 16.1 Å². The van der Waals surface area contributed by atoms with Crippen LogP contribution in [-0.2, 0) is 16.6 Å². The molecule has 0 radical (unpaired) electrons. The molecule has 158 valence electrons. The van der Waals surface area contributed by atoms with Gasteiger partial charge in [-0.3, -0.25) is 9.59 Å². The number of pyridine rings is 1. The van der Waals surface area contributed by atoms with Crippen LogP contribution in [0.5, 0.6) is 0 Å². The highest BCUT2D eigenvalue weighted by Gasteiger charge is 2.42. The zero-order valence-electron chi connectivity index (χ0n) is 18.0. The van der Waals surface area contributed by atoms with E-state index in [1.807, 2.05) is 52.0 Å². The summed E-state index contributed by atoms with van der Waals surface area (Å²) in [7, 11) is 1.74. The number of hydrogen-bond donors (Lipinski definition) is 1. The molecule has 0 saturated carbocycles. The summed E-state index contributed by atoms with van der Waals surface area (Å²) in [4.78, 5) is 30.5. The first kappa shape index (κ1) is 20.8. The van der Waals surface area contributed by atoms with Crippen LogP contribution in [0.4, 0.5) is 5.13 Å². The maximum Gasteiger partial charge on any atom is 0.258 e. The second-order valence-electron chi connectivity index (χ2n) is 9.28. The lowest BCUT2D eigenvalue weighted by Crippen LogP contribution is -2.48. The number of thiazole rings is 1. The molecule has 1 amide bonds. The predicted octanol–water partition coefficient (Wildman–Crippen LogP) is 4.58. The second-order valence-corrected chi connectivity index (χ2v) is 10.3. The van der Waals surface area contributed by atoms with Crippen LogP contribution in [-0.4, -0.2) is 26.7 Å². The molecule has 1 fully saturated rings. The molecular weight excluding hydrogens is 398 g/mol. The molecule has 0 aliphatic carbocycles. The van der Waals surface area contributed by atoms with Crippen LogP contribution in [0.25, 0.3) is 21.2 Å². The largest absolute Gasteiger partial charge is 0.370 e. The number of amides is 1. The highest BCUT2D eigenvalue weighted by atomic mass is 32.1. The monoisotopic (exact) mass is 425 g/mol. The van der Waals surface area contributed by atoms with Gasteiger partial charge in [0, 0.05) is 30.7 Å². The topological polar surface area (TPSA) is 73.2 Å². The Labute approximate surface area is 179 Å². The number of fused-ring (bicyclic) bond motifs is 1. The molecule has 1 N–H and O–H groups in total. The van der Waals surface area contributed by atoms with Gasteiger partial charge in [-0.05, 0) is 69.7 Å². The van der Waals surface area contributed by atoms with Crippen molar-refractivity contribution >= 4 is 33.1 Å². The highest BCUT2D eigenvalue weighted by Crippen LogP contribution is 2.39. The van der Waals surface area contributed by atoms with Gasteiger partial charge in [0.2, 0.25) is 5.91 Å². The number of aromatic nitrogens is 2. The van der Waals surface area contributed by atoms with Gasteiger partial charge in [0.1, 0.15) is 0 Å². The molecule has 0 spiro atoms. The van der Waals surface area contributed by atoms with Gasteiger partial charge in [-0.1, -0.05) is 17.4 Å². The van der Waals surface area contributed by atoms with Crippen molar-refractivity contribution in [3.05, 3.63) is 47.0 Å². The number of carbonyl (C=O) groups excluding carboxylic acids is 1. The summed E-state index contributed by atoms with van der Waals surface area (Å²) in [5.41, 5.74) is 0.292. The fourth-order valence-electron chi connectivity index (χ4n) is 4.45. The Morgan fingerprint density at radius 2 is 1.90 bits per heavy atom. The van der Waals surface area contributed by atoms with Gasteiger partial charge in [-0.15, -0.1) is 0 Å². The molecule has 0 unspecified atom stereocenters. The molecule has 0 bridgehead atoms. The van der Waals surface area contributed by atoms with Gasteiger partial charge in [0.25, 0.3) is 5.56 Å². The Balaban J connectivity index is 1.53. The first-order chi connectivity index (χ1) is 14.0. The minimum atomic E-state index is -0.333. The van der Waals surface area contributed by atoms with Crippen LogP contribution in [0.3, 0.4) is 0 Å². The minimum Gasteiger partial charge on any atom is -0.370 e. The molecule has 6 nitrogen and oxygen atoms in total. The molecular formula is C23H27N3O3S. The van der Waals surface area contributed by atoms with E-state index in [-0.39, 0.29) is 28.6 Å². The summed E-state index contributed by atoms with van der Waals surface area (Å²) >= 11 is 1.44. The molecule has 2 aromatic heterocycles. The zero-order chi connectivity index (χ0) is 21.7. The smallest absolute Gasteiger partial charge is 0.258 e. The third-order valence-electron chi connectivity index (χ3n) is 5.50. The van der Waals surface area contributed by atoms with E-state index in [0.29, 0.717) is 23.4 Å². The number of carbonyl (C=O) groups is 1. The average molecular weight is 426 g/mol. The van der Waals surface area contributed by atoms with E-state index in [0.717, 1.165) is 15.8 Å². The van der Waals surface area contributed by atoms with Crippen LogP contribution in [0.15, 0.2) is 41.5 Å². The number of nitrogens with one attached hydrogen (secondary N) is 1. The molecule has 30 heavy (non-hydrogen) atoms. The Kier molecular flexibility index (Phi) is 5.06. The second kappa shape index (κ2) is 7.32. The van der Waals surface area contributed by atoms with Crippen molar-refractivity contribution < 1.29 is 9.53 Å². The van der Waals surface area contributed by atoms with Crippen LogP contribution in [0.1, 0.15) is 40.5 Å². The van der Waals surface area contributed by atoms with Crippen molar-refractivity contribution in [3.63, 3.8) is 0 Å². The molecule has 4 rings (SSSR count). The van der Waals surface area contributed by atoms with Crippen molar-refractivity contribution in [3.8, 4) is 10.4 Å². The van der Waals surface area contributed by atoms with E-state index >= 15 is 0 Å². The summed E-state index contributed by atoms with van der Waals surface area (Å²) in [6.07, 6.45) is 4.89. The van der Waals surface area contributed by atoms with Crippen molar-refractivity contribution in [1.82, 2.24) is 9.55 Å². The first-order valence-electron chi connectivity index (χ1n) is 10.1. The Bertz CT molecular complexity index is 1160. The molecule has 7 heteroatoms. The van der Waals surface area contributed by atoms with Gasteiger partial charge in [-0.2, -0.15) is 0 Å². The van der Waals surface area contributed by atoms with Crippen molar-refractivity contribution in [2.24, 2.45) is 13.0 Å². The maximum atomic E-state index is 12.9. The SMILES string of the molecule is Cn1ccc2cc(-c3cnc(NC(=O)C4CC(C)(C)OC(C)(C)C4)s3)ccc2c1=O.